The van der Waals surface area contributed by atoms with E-state index in [1.165, 1.54) is 16.7 Å². The summed E-state index contributed by atoms with van der Waals surface area (Å²) in [4.78, 5) is 8.82. The van der Waals surface area contributed by atoms with Gasteiger partial charge >= 0.3 is 0 Å². The molecule has 1 heterocycles. The molecule has 0 spiro atoms. The Morgan fingerprint density at radius 2 is 1.64 bits per heavy atom. The van der Waals surface area contributed by atoms with Crippen molar-refractivity contribution in [2.24, 2.45) is 0 Å². The first-order chi connectivity index (χ1) is 12.1. The first-order valence-corrected chi connectivity index (χ1v) is 8.59. The molecule has 2 N–H and O–H groups in total. The lowest BCUT2D eigenvalue weighted by molar-refractivity contribution is 0.867. The molecule has 0 atom stereocenters. The third-order valence-corrected chi connectivity index (χ3v) is 4.08. The summed E-state index contributed by atoms with van der Waals surface area (Å²) in [7, 11) is 0. The molecule has 0 amide bonds. The normalized spacial score (nSPS) is 10.7. The van der Waals surface area contributed by atoms with Crippen molar-refractivity contribution < 1.29 is 0 Å². The van der Waals surface area contributed by atoms with Crippen LogP contribution >= 0.6 is 0 Å². The number of hydrogen-bond donors (Lipinski definition) is 2. The fourth-order valence-electron chi connectivity index (χ4n) is 2.50. The molecule has 0 aliphatic heterocycles. The van der Waals surface area contributed by atoms with Gasteiger partial charge in [0.15, 0.2) is 0 Å². The van der Waals surface area contributed by atoms with Crippen LogP contribution in [0.3, 0.4) is 0 Å². The van der Waals surface area contributed by atoms with Gasteiger partial charge in [0.05, 0.1) is 0 Å². The molecule has 25 heavy (non-hydrogen) atoms. The van der Waals surface area contributed by atoms with Crippen molar-refractivity contribution in [1.29, 1.82) is 0 Å². The summed E-state index contributed by atoms with van der Waals surface area (Å²) in [5.41, 5.74) is 4.80. The summed E-state index contributed by atoms with van der Waals surface area (Å²) < 4.78 is 0. The number of rotatable bonds is 6. The minimum Gasteiger partial charge on any atom is -0.366 e. The lowest BCUT2D eigenvalue weighted by atomic mass is 10.0. The molecule has 3 aromatic rings. The molecule has 0 radical (unpaired) electrons. The highest BCUT2D eigenvalue weighted by Gasteiger charge is 2.02. The van der Waals surface area contributed by atoms with Gasteiger partial charge in [-0.2, -0.15) is 4.98 Å². The highest BCUT2D eigenvalue weighted by molar-refractivity contribution is 5.55. The fraction of sp³-hybridized carbons (Fsp3) is 0.238. The van der Waals surface area contributed by atoms with Gasteiger partial charge in [0.25, 0.3) is 0 Å². The van der Waals surface area contributed by atoms with Gasteiger partial charge in [-0.15, -0.1) is 0 Å². The summed E-state index contributed by atoms with van der Waals surface area (Å²) in [6, 6.07) is 18.7. The van der Waals surface area contributed by atoms with Gasteiger partial charge in [-0.3, -0.25) is 0 Å². The van der Waals surface area contributed by atoms with Crippen molar-refractivity contribution >= 4 is 17.5 Å². The number of nitrogens with zero attached hydrogens (tertiary/aromatic N) is 2. The number of nitrogens with one attached hydrogen (secondary N) is 2. The molecule has 0 bridgehead atoms. The molecule has 0 aliphatic carbocycles. The SMILES string of the molecule is Cc1ccc(CNc2ccnc(Nc3ccc(C(C)C)cc3)n2)cc1. The zero-order valence-electron chi connectivity index (χ0n) is 15.0. The van der Waals surface area contributed by atoms with E-state index in [9.17, 15) is 0 Å². The molecule has 0 aliphatic rings. The van der Waals surface area contributed by atoms with Crippen molar-refractivity contribution in [2.75, 3.05) is 10.6 Å². The van der Waals surface area contributed by atoms with Crippen molar-refractivity contribution in [3.05, 3.63) is 77.5 Å². The number of aromatic nitrogens is 2. The van der Waals surface area contributed by atoms with Gasteiger partial charge in [0.2, 0.25) is 5.95 Å². The summed E-state index contributed by atoms with van der Waals surface area (Å²) in [5, 5.41) is 6.59. The van der Waals surface area contributed by atoms with Crippen molar-refractivity contribution in [1.82, 2.24) is 9.97 Å². The number of aryl methyl sites for hydroxylation is 1. The standard InChI is InChI=1S/C21H24N4/c1-15(2)18-8-10-19(11-9-18)24-21-22-13-12-20(25-21)23-14-17-6-4-16(3)5-7-17/h4-13,15H,14H2,1-3H3,(H2,22,23,24,25). The van der Waals surface area contributed by atoms with Crippen LogP contribution in [0.25, 0.3) is 0 Å². The van der Waals surface area contributed by atoms with Gasteiger partial charge in [-0.1, -0.05) is 55.8 Å². The van der Waals surface area contributed by atoms with Crippen LogP contribution in [0.4, 0.5) is 17.5 Å². The predicted molar refractivity (Wildman–Crippen MR) is 104 cm³/mol. The van der Waals surface area contributed by atoms with E-state index in [1.807, 2.05) is 6.07 Å². The highest BCUT2D eigenvalue weighted by atomic mass is 15.1. The molecule has 0 saturated heterocycles. The molecule has 4 nitrogen and oxygen atoms in total. The van der Waals surface area contributed by atoms with E-state index in [0.29, 0.717) is 11.9 Å². The second kappa shape index (κ2) is 7.79. The van der Waals surface area contributed by atoms with Crippen molar-refractivity contribution in [3.8, 4) is 0 Å². The molecule has 1 aromatic heterocycles. The first-order valence-electron chi connectivity index (χ1n) is 8.59. The zero-order valence-corrected chi connectivity index (χ0v) is 15.0. The van der Waals surface area contributed by atoms with Crippen LogP contribution in [0.1, 0.15) is 36.5 Å². The zero-order chi connectivity index (χ0) is 17.6. The Morgan fingerprint density at radius 3 is 2.32 bits per heavy atom. The predicted octanol–water partition coefficient (Wildman–Crippen LogP) is 5.26. The molecule has 128 valence electrons. The summed E-state index contributed by atoms with van der Waals surface area (Å²) >= 11 is 0. The Balaban J connectivity index is 1.63. The Labute approximate surface area is 149 Å². The quantitative estimate of drug-likeness (QED) is 0.646. The maximum Gasteiger partial charge on any atom is 0.229 e. The van der Waals surface area contributed by atoms with Gasteiger partial charge in [0, 0.05) is 18.4 Å². The van der Waals surface area contributed by atoms with Gasteiger partial charge in [-0.25, -0.2) is 4.98 Å². The largest absolute Gasteiger partial charge is 0.366 e. The van der Waals surface area contributed by atoms with Gasteiger partial charge in [-0.05, 0) is 42.2 Å². The maximum absolute atomic E-state index is 4.52. The Morgan fingerprint density at radius 1 is 0.920 bits per heavy atom. The van der Waals surface area contributed by atoms with Crippen LogP contribution < -0.4 is 10.6 Å². The lowest BCUT2D eigenvalue weighted by Crippen LogP contribution is -2.04. The first kappa shape index (κ1) is 17.0. The number of benzene rings is 2. The molecule has 0 unspecified atom stereocenters. The Bertz CT molecular complexity index is 808. The molecule has 0 fully saturated rings. The number of hydrogen-bond acceptors (Lipinski definition) is 4. The molecule has 4 heteroatoms. The molecular formula is C21H24N4. The van der Waals surface area contributed by atoms with E-state index < -0.39 is 0 Å². The van der Waals surface area contributed by atoms with Crippen LogP contribution in [0.2, 0.25) is 0 Å². The molecule has 3 rings (SSSR count). The Kier molecular flexibility index (Phi) is 5.29. The van der Waals surface area contributed by atoms with Gasteiger partial charge in [0.1, 0.15) is 5.82 Å². The average Bonchev–Trinajstić information content (AvgIpc) is 2.62. The van der Waals surface area contributed by atoms with E-state index in [4.69, 9.17) is 0 Å². The van der Waals surface area contributed by atoms with Gasteiger partial charge < -0.3 is 10.6 Å². The van der Waals surface area contributed by atoms with Crippen LogP contribution in [-0.4, -0.2) is 9.97 Å². The van der Waals surface area contributed by atoms with E-state index in [1.54, 1.807) is 6.20 Å². The molecule has 0 saturated carbocycles. The lowest BCUT2D eigenvalue weighted by Gasteiger charge is -2.10. The van der Waals surface area contributed by atoms with E-state index in [0.717, 1.165) is 18.1 Å². The van der Waals surface area contributed by atoms with Crippen LogP contribution in [0, 0.1) is 6.92 Å². The maximum atomic E-state index is 4.52. The second-order valence-corrected chi connectivity index (χ2v) is 6.51. The van der Waals surface area contributed by atoms with E-state index >= 15 is 0 Å². The van der Waals surface area contributed by atoms with Crippen LogP contribution in [-0.2, 0) is 6.54 Å². The van der Waals surface area contributed by atoms with E-state index in [-0.39, 0.29) is 0 Å². The third kappa shape index (κ3) is 4.80. The topological polar surface area (TPSA) is 49.8 Å². The average molecular weight is 332 g/mol. The minimum absolute atomic E-state index is 0.527. The van der Waals surface area contributed by atoms with Crippen LogP contribution in [0.5, 0.6) is 0 Å². The smallest absolute Gasteiger partial charge is 0.229 e. The van der Waals surface area contributed by atoms with Crippen LogP contribution in [0.15, 0.2) is 60.8 Å². The Hall–Kier alpha value is -2.88. The second-order valence-electron chi connectivity index (χ2n) is 6.51. The summed E-state index contributed by atoms with van der Waals surface area (Å²) in [6.45, 7) is 7.20. The summed E-state index contributed by atoms with van der Waals surface area (Å²) in [6.07, 6.45) is 1.76. The number of anilines is 3. The highest BCUT2D eigenvalue weighted by Crippen LogP contribution is 2.19. The van der Waals surface area contributed by atoms with E-state index in [2.05, 4.69) is 89.9 Å². The molecular weight excluding hydrogens is 308 g/mol. The third-order valence-electron chi connectivity index (χ3n) is 4.08. The van der Waals surface area contributed by atoms with Crippen molar-refractivity contribution in [3.63, 3.8) is 0 Å². The monoisotopic (exact) mass is 332 g/mol. The minimum atomic E-state index is 0.527. The fourth-order valence-corrected chi connectivity index (χ4v) is 2.50. The molecule has 2 aromatic carbocycles. The summed E-state index contributed by atoms with van der Waals surface area (Å²) in [5.74, 6) is 1.92. The van der Waals surface area contributed by atoms with Crippen molar-refractivity contribution in [2.45, 2.75) is 33.2 Å².